The number of carbonyl (C=O) groups excluding carboxylic acids is 3. The van der Waals surface area contributed by atoms with Gasteiger partial charge in [-0.2, -0.15) is 31.4 Å². The van der Waals surface area contributed by atoms with Crippen molar-refractivity contribution in [2.24, 2.45) is 10.8 Å². The average molecular weight is 1110 g/mol. The number of hydrogen-bond acceptors (Lipinski definition) is 12. The Bertz CT molecular complexity index is 2820. The van der Waals surface area contributed by atoms with Crippen LogP contribution in [0.1, 0.15) is 68.8 Å². The van der Waals surface area contributed by atoms with Crippen LogP contribution in [-0.4, -0.2) is 149 Å². The fourth-order valence-corrected chi connectivity index (χ4v) is 8.81. The molecule has 6 atom stereocenters. The van der Waals surface area contributed by atoms with Gasteiger partial charge >= 0.3 is 24.5 Å². The Labute approximate surface area is 443 Å². The molecule has 0 radical (unpaired) electrons. The number of hydrogen-bond donors (Lipinski definition) is 7. The van der Waals surface area contributed by atoms with Crippen LogP contribution in [0.2, 0.25) is 0 Å². The third-order valence-corrected chi connectivity index (χ3v) is 14.3. The first-order valence-electron chi connectivity index (χ1n) is 24.8. The van der Waals surface area contributed by atoms with Crippen molar-refractivity contribution < 1.29 is 74.0 Å². The minimum atomic E-state index is -5.19. The monoisotopic (exact) mass is 1100 g/mol. The maximum absolute atomic E-state index is 15.2. The second-order valence-corrected chi connectivity index (χ2v) is 20.6. The van der Waals surface area contributed by atoms with Crippen molar-refractivity contribution in [2.45, 2.75) is 108 Å². The number of carboxylic acid groups (broad SMARTS) is 1. The van der Waals surface area contributed by atoms with E-state index in [0.29, 0.717) is 63.3 Å². The van der Waals surface area contributed by atoms with Crippen LogP contribution in [0.4, 0.5) is 50.5 Å². The molecule has 18 nitrogen and oxygen atoms in total. The van der Waals surface area contributed by atoms with E-state index in [1.54, 1.807) is 35.3 Å². The van der Waals surface area contributed by atoms with Gasteiger partial charge in [0.2, 0.25) is 5.91 Å². The van der Waals surface area contributed by atoms with Gasteiger partial charge in [-0.25, -0.2) is 28.8 Å². The molecule has 0 spiro atoms. The Morgan fingerprint density at radius 1 is 0.808 bits per heavy atom. The zero-order valence-electron chi connectivity index (χ0n) is 43.1. The first-order valence-corrected chi connectivity index (χ1v) is 24.8. The molecule has 78 heavy (non-hydrogen) atoms. The number of morpholine rings is 1. The highest BCUT2D eigenvalue weighted by molar-refractivity contribution is 5.87. The molecule has 2 aromatic heterocycles. The lowest BCUT2D eigenvalue weighted by molar-refractivity contribution is -0.221. The molecule has 1 saturated carbocycles. The van der Waals surface area contributed by atoms with Gasteiger partial charge in [-0.15, -0.1) is 0 Å². The Hall–Kier alpha value is -7.08. The molecule has 2 aromatic carbocycles. The Morgan fingerprint density at radius 3 is 1.96 bits per heavy atom. The van der Waals surface area contributed by atoms with Crippen LogP contribution in [0.5, 0.6) is 0 Å². The molecule has 3 aliphatic rings. The number of alkyl halides is 6. The number of fused-ring (bicyclic) bond motifs is 2. The summed E-state index contributed by atoms with van der Waals surface area (Å²) in [6.07, 6.45) is -11.4. The van der Waals surface area contributed by atoms with Gasteiger partial charge in [-0.3, -0.25) is 24.6 Å². The number of aliphatic hydroxyl groups excluding tert-OH is 1. The molecular weight excluding hydrogens is 1040 g/mol. The highest BCUT2D eigenvalue weighted by Crippen LogP contribution is 2.42. The summed E-state index contributed by atoms with van der Waals surface area (Å²) in [5, 5.41) is 30.7. The lowest BCUT2D eigenvalue weighted by atomic mass is 9.82. The van der Waals surface area contributed by atoms with Gasteiger partial charge in [0.05, 0.1) is 66.6 Å². The molecule has 2 aliphatic heterocycles. The Kier molecular flexibility index (Phi) is 17.9. The first-order chi connectivity index (χ1) is 36.6. The highest BCUT2D eigenvalue weighted by Gasteiger charge is 2.57. The van der Waals surface area contributed by atoms with Crippen LogP contribution in [-0.2, 0) is 31.9 Å². The van der Waals surface area contributed by atoms with Crippen molar-refractivity contribution in [2.75, 3.05) is 51.4 Å². The summed E-state index contributed by atoms with van der Waals surface area (Å²) in [4.78, 5) is 60.8. The Morgan fingerprint density at radius 2 is 1.40 bits per heavy atom. The third-order valence-electron chi connectivity index (χ3n) is 14.3. The minimum absolute atomic E-state index is 0.141. The fourth-order valence-electron chi connectivity index (χ4n) is 8.81. The molecule has 2 saturated heterocycles. The predicted molar refractivity (Wildman–Crippen MR) is 265 cm³/mol. The molecule has 2 bridgehead atoms. The number of halogens is 8. The van der Waals surface area contributed by atoms with Gasteiger partial charge < -0.3 is 40.5 Å². The van der Waals surface area contributed by atoms with Crippen molar-refractivity contribution in [3.05, 3.63) is 101 Å². The van der Waals surface area contributed by atoms with Crippen molar-refractivity contribution in [3.8, 4) is 23.1 Å². The van der Waals surface area contributed by atoms with E-state index in [1.807, 2.05) is 22.9 Å². The molecule has 6 unspecified atom stereocenters. The zero-order valence-corrected chi connectivity index (χ0v) is 43.1. The summed E-state index contributed by atoms with van der Waals surface area (Å²) < 4.78 is 129. The number of amides is 4. The van der Waals surface area contributed by atoms with E-state index in [1.165, 1.54) is 17.4 Å². The zero-order chi connectivity index (χ0) is 56.9. The number of benzene rings is 2. The summed E-state index contributed by atoms with van der Waals surface area (Å²) in [6.45, 7) is 3.55. The van der Waals surface area contributed by atoms with Crippen LogP contribution in [0.25, 0.3) is 11.3 Å². The number of anilines is 1. The van der Waals surface area contributed by atoms with Crippen LogP contribution in [0, 0.1) is 34.3 Å². The summed E-state index contributed by atoms with van der Waals surface area (Å²) in [5.41, 5.74) is -0.514. The third kappa shape index (κ3) is 14.1. The number of nitrogens with one attached hydrogen (secondary N) is 5. The number of hydrazine groups is 1. The van der Waals surface area contributed by atoms with Crippen molar-refractivity contribution in [3.63, 3.8) is 0 Å². The number of nitrogens with zero attached hydrogens (tertiary/aromatic N) is 5. The van der Waals surface area contributed by atoms with Gasteiger partial charge in [-0.1, -0.05) is 24.0 Å². The maximum atomic E-state index is 15.2. The predicted octanol–water partition coefficient (Wildman–Crippen LogP) is 5.64. The SMILES string of the molecule is CN1C2COCC1CN(c1ccc(C#Cc3ccc(CC(NC(=O)C(NC(=O)OCCc4c(F)cc(-c5ccn(C6CC6)n5)cc4F)C(C)(C)C(F)(F)F)C(O)CNNC(=O)C(NC(=O)O)C(C)(C)C(F)(F)F)cc3)cn1)C2. The van der Waals surface area contributed by atoms with Crippen LogP contribution < -0.4 is 31.7 Å². The number of pyridine rings is 1. The molecule has 4 amide bonds. The van der Waals surface area contributed by atoms with E-state index in [-0.39, 0.29) is 30.1 Å². The van der Waals surface area contributed by atoms with Crippen molar-refractivity contribution in [1.29, 1.82) is 0 Å². The molecule has 4 heterocycles. The van der Waals surface area contributed by atoms with Gasteiger partial charge in [-0.05, 0) is 102 Å². The van der Waals surface area contributed by atoms with Crippen molar-refractivity contribution >= 4 is 29.8 Å². The van der Waals surface area contributed by atoms with E-state index in [9.17, 15) is 55.7 Å². The number of aliphatic hydroxyl groups is 1. The lowest BCUT2D eigenvalue weighted by Gasteiger charge is -2.48. The lowest BCUT2D eigenvalue weighted by Crippen LogP contribution is -2.63. The number of alkyl carbamates (subject to hydrolysis) is 1. The number of carbonyl (C=O) groups is 4. The minimum Gasteiger partial charge on any atom is -0.465 e. The Balaban J connectivity index is 1.05. The summed E-state index contributed by atoms with van der Waals surface area (Å²) in [7, 11) is 2.08. The van der Waals surface area contributed by atoms with Gasteiger partial charge in [0.15, 0.2) is 0 Å². The van der Waals surface area contributed by atoms with Crippen LogP contribution in [0.3, 0.4) is 0 Å². The number of aromatic nitrogens is 3. The van der Waals surface area contributed by atoms with Gasteiger partial charge in [0.25, 0.3) is 5.91 Å². The fraction of sp³-hybridized carbons (Fsp3) is 0.500. The topological polar surface area (TPSA) is 225 Å². The first kappa shape index (κ1) is 58.6. The van der Waals surface area contributed by atoms with Crippen LogP contribution in [0.15, 0.2) is 67.0 Å². The summed E-state index contributed by atoms with van der Waals surface area (Å²) >= 11 is 0. The van der Waals surface area contributed by atoms with Crippen LogP contribution >= 0.6 is 0 Å². The van der Waals surface area contributed by atoms with E-state index in [2.05, 4.69) is 49.5 Å². The molecule has 7 N–H and O–H groups in total. The second kappa shape index (κ2) is 23.9. The van der Waals surface area contributed by atoms with Gasteiger partial charge in [0.1, 0.15) is 29.5 Å². The molecular formula is C52H60F8N10O8. The molecule has 7 rings (SSSR count). The maximum Gasteiger partial charge on any atom is 0.407 e. The van der Waals surface area contributed by atoms with E-state index >= 15 is 8.78 Å². The number of ether oxygens (including phenoxy) is 2. The smallest absolute Gasteiger partial charge is 0.407 e. The summed E-state index contributed by atoms with van der Waals surface area (Å²) in [6, 6.07) is 7.81. The molecule has 4 aromatic rings. The van der Waals surface area contributed by atoms with Crippen molar-refractivity contribution in [1.82, 2.24) is 46.5 Å². The summed E-state index contributed by atoms with van der Waals surface area (Å²) in [5.74, 6) is 1.78. The van der Waals surface area contributed by atoms with Gasteiger partial charge in [0, 0.05) is 60.7 Å². The van der Waals surface area contributed by atoms with E-state index in [4.69, 9.17) is 9.47 Å². The highest BCUT2D eigenvalue weighted by atomic mass is 19.4. The largest absolute Gasteiger partial charge is 0.465 e. The molecule has 1 aliphatic carbocycles. The number of piperazine rings is 1. The second-order valence-electron chi connectivity index (χ2n) is 20.6. The molecule has 422 valence electrons. The van der Waals surface area contributed by atoms with E-state index in [0.717, 1.165) is 43.9 Å². The standard InChI is InChI=1S/C52H60F8N10O8/c1-49(2,51(55,56)57)43(65-48(76)78-19-17-36-37(53)21-32(22-38(36)54)39-16-18-70(67-39)33-13-14-33)45(72)63-40(41(71)24-62-66-46(73)44(64-47(74)75)50(3,4)52(58,59)60)20-30-9-6-29(7-10-30)8-11-31-12-15-42(61-23-31)69-25-34-27-77-28-35(26-69)68(34)5/h6-7,9-10,12,15-16,18,21-23,33-35,40-41,43-44,62,64,71H,13-14,17,19-20,24-28H2,1-5H3,(H,63,72)(H,65,76)(H,66,73)(H,74,75). The average Bonchev–Trinajstić information content (AvgIpc) is 4.16. The molecule has 26 heteroatoms. The van der Waals surface area contributed by atoms with E-state index < -0.39 is 108 Å². The quantitative estimate of drug-likeness (QED) is 0.0344. The molecule has 3 fully saturated rings. The number of likely N-dealkylation sites (N-methyl/N-ethyl adjacent to an activating group) is 1. The number of rotatable bonds is 19. The normalized spacial score (nSPS) is 18.6.